The quantitative estimate of drug-likeness (QED) is 0.398. The number of benzene rings is 2. The number of nitrogens with zero attached hydrogens (tertiary/aromatic N) is 3. The maximum Gasteiger partial charge on any atom is 0.332 e. The van der Waals surface area contributed by atoms with Gasteiger partial charge in [0.15, 0.2) is 6.10 Å². The summed E-state index contributed by atoms with van der Waals surface area (Å²) in [6.07, 6.45) is 2.29. The molecule has 2 N–H and O–H groups in total. The number of aryl methyl sites for hydroxylation is 1. The Kier molecular flexibility index (Phi) is 5.60. The van der Waals surface area contributed by atoms with Gasteiger partial charge in [-0.25, -0.2) is 9.18 Å². The van der Waals surface area contributed by atoms with E-state index in [1.54, 1.807) is 19.2 Å². The molecule has 1 saturated heterocycles. The number of hydrogen-bond acceptors (Lipinski definition) is 4. The van der Waals surface area contributed by atoms with Crippen molar-refractivity contribution >= 4 is 27.8 Å². The second-order valence-electron chi connectivity index (χ2n) is 10.0. The summed E-state index contributed by atoms with van der Waals surface area (Å²) in [5.41, 5.74) is 4.62. The van der Waals surface area contributed by atoms with Crippen molar-refractivity contribution in [1.29, 1.82) is 5.26 Å². The van der Waals surface area contributed by atoms with Gasteiger partial charge >= 0.3 is 5.97 Å². The van der Waals surface area contributed by atoms with Crippen molar-refractivity contribution in [2.75, 3.05) is 6.61 Å². The Balaban J connectivity index is 1.84. The number of hydrogen-bond donors (Lipinski definition) is 2. The smallest absolute Gasteiger partial charge is 0.332 e. The number of nitrogens with one attached hydrogen (secondary N) is 1. The molecule has 2 aromatic heterocycles. The summed E-state index contributed by atoms with van der Waals surface area (Å²) >= 11 is 0. The molecule has 0 spiro atoms. The summed E-state index contributed by atoms with van der Waals surface area (Å²) in [4.78, 5) is 11.5. The second kappa shape index (κ2) is 8.51. The average Bonchev–Trinajstić information content (AvgIpc) is 3.41. The van der Waals surface area contributed by atoms with Gasteiger partial charge in [-0.05, 0) is 61.2 Å². The van der Waals surface area contributed by atoms with Crippen molar-refractivity contribution < 1.29 is 19.0 Å². The molecule has 2 atom stereocenters. The van der Waals surface area contributed by atoms with Crippen molar-refractivity contribution in [2.24, 2.45) is 0 Å². The summed E-state index contributed by atoms with van der Waals surface area (Å²) in [7, 11) is 0. The number of nitriles is 1. The van der Waals surface area contributed by atoms with Crippen LogP contribution in [0.25, 0.3) is 27.5 Å². The molecule has 7 nitrogen and oxygen atoms in total. The van der Waals surface area contributed by atoms with Crippen LogP contribution in [-0.4, -0.2) is 38.6 Å². The Bertz CT molecular complexity index is 1490. The number of fused-ring (bicyclic) bond motifs is 2. The van der Waals surface area contributed by atoms with Gasteiger partial charge in [0.05, 0.1) is 29.9 Å². The molecule has 3 heterocycles. The summed E-state index contributed by atoms with van der Waals surface area (Å²) in [6, 6.07) is 11.5. The second-order valence-corrected chi connectivity index (χ2v) is 10.0. The van der Waals surface area contributed by atoms with Crippen LogP contribution in [0.3, 0.4) is 0 Å². The number of aliphatic carboxylic acids is 1. The monoisotopic (exact) mass is 474 g/mol. The molecule has 0 saturated carbocycles. The number of carboxylic acid groups (broad SMARTS) is 1. The molecule has 0 amide bonds. The lowest BCUT2D eigenvalue weighted by Crippen LogP contribution is -2.32. The van der Waals surface area contributed by atoms with Gasteiger partial charge in [-0.15, -0.1) is 0 Å². The average molecular weight is 475 g/mol. The molecular formula is C27H27FN4O3. The van der Waals surface area contributed by atoms with Gasteiger partial charge in [0.2, 0.25) is 0 Å². The van der Waals surface area contributed by atoms with E-state index >= 15 is 0 Å². The van der Waals surface area contributed by atoms with E-state index in [0.717, 1.165) is 38.8 Å². The number of aromatic amines is 1. The van der Waals surface area contributed by atoms with E-state index in [4.69, 9.17) is 4.74 Å². The zero-order valence-corrected chi connectivity index (χ0v) is 19.9. The van der Waals surface area contributed by atoms with Crippen LogP contribution >= 0.6 is 0 Å². The minimum absolute atomic E-state index is 0.0516. The van der Waals surface area contributed by atoms with Gasteiger partial charge in [0.25, 0.3) is 0 Å². The van der Waals surface area contributed by atoms with Gasteiger partial charge in [-0.1, -0.05) is 13.8 Å². The first-order chi connectivity index (χ1) is 16.7. The lowest BCUT2D eigenvalue weighted by Gasteiger charge is -2.32. The number of halogens is 1. The zero-order chi connectivity index (χ0) is 24.9. The van der Waals surface area contributed by atoms with Gasteiger partial charge < -0.3 is 14.4 Å². The molecule has 2 aromatic carbocycles. The highest BCUT2D eigenvalue weighted by Gasteiger charge is 2.37. The fourth-order valence-electron chi connectivity index (χ4n) is 5.32. The highest BCUT2D eigenvalue weighted by Crippen LogP contribution is 2.45. The van der Waals surface area contributed by atoms with E-state index in [0.29, 0.717) is 18.4 Å². The lowest BCUT2D eigenvalue weighted by molar-refractivity contribution is -0.153. The first-order valence-electron chi connectivity index (χ1n) is 11.7. The van der Waals surface area contributed by atoms with Gasteiger partial charge in [-0.3, -0.25) is 5.10 Å². The fourth-order valence-corrected chi connectivity index (χ4v) is 5.32. The van der Waals surface area contributed by atoms with Crippen molar-refractivity contribution in [3.63, 3.8) is 0 Å². The fraction of sp³-hybridized carbons (Fsp3) is 0.370. The molecule has 5 rings (SSSR count). The lowest BCUT2D eigenvalue weighted by atomic mass is 9.78. The van der Waals surface area contributed by atoms with Crippen LogP contribution in [0, 0.1) is 24.1 Å². The molecular weight excluding hydrogens is 447 g/mol. The molecule has 0 bridgehead atoms. The maximum atomic E-state index is 14.2. The molecule has 1 aliphatic rings. The molecule has 8 heteroatoms. The Morgan fingerprint density at radius 3 is 2.80 bits per heavy atom. The van der Waals surface area contributed by atoms with Gasteiger partial charge in [0, 0.05) is 39.9 Å². The van der Waals surface area contributed by atoms with Crippen LogP contribution in [0.2, 0.25) is 0 Å². The Morgan fingerprint density at radius 2 is 2.14 bits per heavy atom. The maximum absolute atomic E-state index is 14.2. The zero-order valence-electron chi connectivity index (χ0n) is 19.9. The molecule has 0 radical (unpaired) electrons. The number of rotatable bonds is 5. The van der Waals surface area contributed by atoms with Gasteiger partial charge in [0.1, 0.15) is 5.82 Å². The molecule has 1 aliphatic heterocycles. The van der Waals surface area contributed by atoms with E-state index in [1.165, 1.54) is 6.07 Å². The summed E-state index contributed by atoms with van der Waals surface area (Å²) < 4.78 is 22.1. The van der Waals surface area contributed by atoms with E-state index in [2.05, 4.69) is 33.0 Å². The standard InChI is InChI=1S/C27H27FN4O3/c1-15-10-18(5-6-20(15)28)32-22-11-17-13-30-31-21(17)12-19(22)24(25(32)27(2,3)8-9-29)16-4-7-23(26(33)34)35-14-16/h5-6,10-13,16,23H,4,7-8,14H2,1-3H3,(H,30,31)(H,33,34). The highest BCUT2D eigenvalue weighted by atomic mass is 19.1. The van der Waals surface area contributed by atoms with E-state index in [1.807, 2.05) is 19.9 Å². The van der Waals surface area contributed by atoms with Crippen molar-refractivity contribution in [1.82, 2.24) is 14.8 Å². The molecule has 0 aliphatic carbocycles. The number of H-pyrrole nitrogens is 1. The SMILES string of the molecule is Cc1cc(-n2c(C(C)(C)CC#N)c(C3CCC(C(=O)O)OC3)c3cc4[nH]ncc4cc32)ccc1F. The van der Waals surface area contributed by atoms with Crippen LogP contribution in [0.5, 0.6) is 0 Å². The van der Waals surface area contributed by atoms with Crippen molar-refractivity contribution in [2.45, 2.75) is 57.5 Å². The van der Waals surface area contributed by atoms with E-state index in [-0.39, 0.29) is 24.8 Å². The predicted molar refractivity (Wildman–Crippen MR) is 130 cm³/mol. The third-order valence-corrected chi connectivity index (χ3v) is 7.09. The van der Waals surface area contributed by atoms with Crippen LogP contribution < -0.4 is 0 Å². The molecule has 180 valence electrons. The number of carbonyl (C=O) groups is 1. The third-order valence-electron chi connectivity index (χ3n) is 7.09. The molecule has 35 heavy (non-hydrogen) atoms. The first kappa shape index (κ1) is 23.1. The summed E-state index contributed by atoms with van der Waals surface area (Å²) in [5, 5.41) is 28.3. The van der Waals surface area contributed by atoms with E-state index < -0.39 is 17.5 Å². The van der Waals surface area contributed by atoms with Crippen LogP contribution in [0.4, 0.5) is 4.39 Å². The van der Waals surface area contributed by atoms with E-state index in [9.17, 15) is 19.6 Å². The predicted octanol–water partition coefficient (Wildman–Crippen LogP) is 5.49. The van der Waals surface area contributed by atoms with Crippen LogP contribution in [0.15, 0.2) is 36.5 Å². The normalized spacial score (nSPS) is 18.7. The van der Waals surface area contributed by atoms with Crippen molar-refractivity contribution in [3.05, 3.63) is 59.2 Å². The minimum Gasteiger partial charge on any atom is -0.479 e. The Labute approximate surface area is 202 Å². The first-order valence-corrected chi connectivity index (χ1v) is 11.7. The topological polar surface area (TPSA) is 104 Å². The van der Waals surface area contributed by atoms with Gasteiger partial charge in [-0.2, -0.15) is 10.4 Å². The molecule has 1 fully saturated rings. The largest absolute Gasteiger partial charge is 0.479 e. The van der Waals surface area contributed by atoms with Crippen molar-refractivity contribution in [3.8, 4) is 11.8 Å². The number of aromatic nitrogens is 3. The summed E-state index contributed by atoms with van der Waals surface area (Å²) in [5.74, 6) is -1.28. The number of ether oxygens (including phenoxy) is 1. The molecule has 4 aromatic rings. The van der Waals surface area contributed by atoms with Crippen LogP contribution in [0.1, 0.15) is 55.8 Å². The van der Waals surface area contributed by atoms with Crippen LogP contribution in [-0.2, 0) is 14.9 Å². The number of carboxylic acids is 1. The Hall–Kier alpha value is -3.70. The highest BCUT2D eigenvalue weighted by molar-refractivity contribution is 5.99. The molecule has 2 unspecified atom stereocenters. The third kappa shape index (κ3) is 3.86. The minimum atomic E-state index is -0.947. The summed E-state index contributed by atoms with van der Waals surface area (Å²) in [6.45, 7) is 6.09. The Morgan fingerprint density at radius 1 is 1.34 bits per heavy atom.